The van der Waals surface area contributed by atoms with Crippen molar-refractivity contribution in [3.05, 3.63) is 42.0 Å². The Hall–Kier alpha value is -3.73. The Morgan fingerprint density at radius 2 is 2.24 bits per heavy atom. The van der Waals surface area contributed by atoms with Crippen molar-refractivity contribution in [1.29, 1.82) is 0 Å². The Morgan fingerprint density at radius 3 is 3.03 bits per heavy atom. The highest BCUT2D eigenvalue weighted by molar-refractivity contribution is 5.93. The fourth-order valence-corrected chi connectivity index (χ4v) is 3.67. The van der Waals surface area contributed by atoms with Gasteiger partial charge in [0.15, 0.2) is 5.65 Å². The highest BCUT2D eigenvalue weighted by atomic mass is 19.1. The molecular formula is C21H17FN6O. The lowest BCUT2D eigenvalue weighted by atomic mass is 10.0. The third kappa shape index (κ3) is 2.83. The summed E-state index contributed by atoms with van der Waals surface area (Å²) in [6.45, 7) is 1.20. The van der Waals surface area contributed by atoms with Crippen LogP contribution in [0.2, 0.25) is 0 Å². The lowest BCUT2D eigenvalue weighted by Gasteiger charge is -2.36. The highest BCUT2D eigenvalue weighted by Gasteiger charge is 2.29. The molecule has 1 amide bonds. The fourth-order valence-electron chi connectivity index (χ4n) is 3.67. The van der Waals surface area contributed by atoms with Crippen molar-refractivity contribution >= 4 is 28.0 Å². The van der Waals surface area contributed by atoms with Crippen LogP contribution in [0.3, 0.4) is 0 Å². The normalized spacial score (nSPS) is 14.3. The number of hydrogen-bond donors (Lipinski definition) is 1. The predicted octanol–water partition coefficient (Wildman–Crippen LogP) is 2.28. The molecule has 1 fully saturated rings. The molecular weight excluding hydrogens is 371 g/mol. The zero-order valence-corrected chi connectivity index (χ0v) is 15.7. The van der Waals surface area contributed by atoms with Crippen LogP contribution in [0.25, 0.3) is 33.5 Å². The van der Waals surface area contributed by atoms with E-state index < -0.39 is 0 Å². The van der Waals surface area contributed by atoms with E-state index in [4.69, 9.17) is 11.4 Å². The maximum absolute atomic E-state index is 13.6. The van der Waals surface area contributed by atoms with E-state index in [9.17, 15) is 9.18 Å². The van der Waals surface area contributed by atoms with Crippen LogP contribution in [0.5, 0.6) is 0 Å². The quantitative estimate of drug-likeness (QED) is 0.546. The van der Waals surface area contributed by atoms with E-state index in [1.54, 1.807) is 35.1 Å². The standard InChI is InChI=1S/C21H17FN6O/c1-3-12-10-28(11-12)18(29)6-13-8-23-21-19(13)25-16(9-24-21)20-15-5-4-14(22)7-17(15)27(2)26-20/h1,4-5,7-9,12H,6,10-11H2,2H3,(H,23,24). The molecule has 1 aliphatic rings. The minimum Gasteiger partial charge on any atom is -0.344 e. The van der Waals surface area contributed by atoms with Gasteiger partial charge in [0.05, 0.1) is 24.1 Å². The summed E-state index contributed by atoms with van der Waals surface area (Å²) in [5, 5.41) is 5.28. The van der Waals surface area contributed by atoms with Gasteiger partial charge in [-0.1, -0.05) is 5.92 Å². The monoisotopic (exact) mass is 388 g/mol. The average molecular weight is 388 g/mol. The number of likely N-dealkylation sites (tertiary alicyclic amines) is 1. The van der Waals surface area contributed by atoms with E-state index in [1.807, 2.05) is 0 Å². The number of H-pyrrole nitrogens is 1. The van der Waals surface area contributed by atoms with Gasteiger partial charge in [0.1, 0.15) is 22.7 Å². The van der Waals surface area contributed by atoms with Gasteiger partial charge >= 0.3 is 0 Å². The largest absolute Gasteiger partial charge is 0.344 e. The SMILES string of the molecule is C#CC1CN(C(=O)Cc2c[nH]c3ncc(-c4nn(C)c5cc(F)ccc45)nc23)C1. The molecule has 0 unspecified atom stereocenters. The number of nitrogens with zero attached hydrogens (tertiary/aromatic N) is 5. The number of aryl methyl sites for hydroxylation is 1. The van der Waals surface area contributed by atoms with Crippen molar-refractivity contribution in [3.8, 4) is 23.7 Å². The molecule has 0 radical (unpaired) electrons. The molecule has 0 spiro atoms. The van der Waals surface area contributed by atoms with Crippen LogP contribution in [-0.2, 0) is 18.3 Å². The molecule has 144 valence electrons. The van der Waals surface area contributed by atoms with Crippen LogP contribution in [0.1, 0.15) is 5.56 Å². The number of hydrogen-bond acceptors (Lipinski definition) is 4. The van der Waals surface area contributed by atoms with Crippen molar-refractivity contribution in [2.45, 2.75) is 6.42 Å². The number of nitrogens with one attached hydrogen (secondary N) is 1. The molecule has 1 aromatic carbocycles. The second kappa shape index (κ2) is 6.41. The highest BCUT2D eigenvalue weighted by Crippen LogP contribution is 2.28. The van der Waals surface area contributed by atoms with Crippen LogP contribution in [0, 0.1) is 24.1 Å². The first-order valence-corrected chi connectivity index (χ1v) is 9.23. The summed E-state index contributed by atoms with van der Waals surface area (Å²) in [6.07, 6.45) is 9.00. The fraction of sp³-hybridized carbons (Fsp3) is 0.238. The summed E-state index contributed by atoms with van der Waals surface area (Å²) >= 11 is 0. The van der Waals surface area contributed by atoms with E-state index in [-0.39, 0.29) is 24.1 Å². The van der Waals surface area contributed by atoms with Crippen molar-refractivity contribution < 1.29 is 9.18 Å². The molecule has 8 heteroatoms. The summed E-state index contributed by atoms with van der Waals surface area (Å²) < 4.78 is 15.2. The lowest BCUT2D eigenvalue weighted by Crippen LogP contribution is -2.49. The molecule has 0 bridgehead atoms. The van der Waals surface area contributed by atoms with Gasteiger partial charge in [-0.2, -0.15) is 5.10 Å². The molecule has 0 atom stereocenters. The van der Waals surface area contributed by atoms with Gasteiger partial charge in [-0.25, -0.2) is 14.4 Å². The molecule has 1 N–H and O–H groups in total. The zero-order chi connectivity index (χ0) is 20.1. The Morgan fingerprint density at radius 1 is 1.41 bits per heavy atom. The number of carbonyl (C=O) groups excluding carboxylic acids is 1. The number of aromatic amines is 1. The first-order valence-electron chi connectivity index (χ1n) is 9.23. The molecule has 4 aromatic rings. The number of carbonyl (C=O) groups is 1. The third-order valence-electron chi connectivity index (χ3n) is 5.33. The van der Waals surface area contributed by atoms with E-state index in [0.717, 1.165) is 10.9 Å². The van der Waals surface area contributed by atoms with Crippen LogP contribution < -0.4 is 0 Å². The number of rotatable bonds is 3. The third-order valence-corrected chi connectivity index (χ3v) is 5.33. The van der Waals surface area contributed by atoms with Crippen LogP contribution in [0.4, 0.5) is 4.39 Å². The van der Waals surface area contributed by atoms with E-state index in [0.29, 0.717) is 41.2 Å². The molecule has 0 saturated carbocycles. The van der Waals surface area contributed by atoms with Gasteiger partial charge in [0.25, 0.3) is 0 Å². The van der Waals surface area contributed by atoms with Gasteiger partial charge in [-0.15, -0.1) is 6.42 Å². The first kappa shape index (κ1) is 17.4. The van der Waals surface area contributed by atoms with Crippen LogP contribution >= 0.6 is 0 Å². The summed E-state index contributed by atoms with van der Waals surface area (Å²) in [6, 6.07) is 4.53. The number of halogens is 1. The van der Waals surface area contributed by atoms with Crippen LogP contribution in [0.15, 0.2) is 30.6 Å². The Labute approximate surface area is 165 Å². The predicted molar refractivity (Wildman–Crippen MR) is 106 cm³/mol. The number of aromatic nitrogens is 5. The second-order valence-corrected chi connectivity index (χ2v) is 7.24. The maximum Gasteiger partial charge on any atom is 0.227 e. The smallest absolute Gasteiger partial charge is 0.227 e. The number of terminal acetylenes is 1. The molecule has 4 heterocycles. The maximum atomic E-state index is 13.6. The van der Waals surface area contributed by atoms with Gasteiger partial charge in [0.2, 0.25) is 5.91 Å². The average Bonchev–Trinajstić information content (AvgIpc) is 3.22. The number of amides is 1. The summed E-state index contributed by atoms with van der Waals surface area (Å²) in [7, 11) is 1.76. The Bertz CT molecular complexity index is 1310. The van der Waals surface area contributed by atoms with Gasteiger partial charge in [0, 0.05) is 37.3 Å². The summed E-state index contributed by atoms with van der Waals surface area (Å²) in [5.74, 6) is 2.51. The minimum atomic E-state index is -0.321. The van der Waals surface area contributed by atoms with Crippen molar-refractivity contribution in [2.75, 3.05) is 13.1 Å². The molecule has 29 heavy (non-hydrogen) atoms. The van der Waals surface area contributed by atoms with E-state index in [2.05, 4.69) is 21.0 Å². The summed E-state index contributed by atoms with van der Waals surface area (Å²) in [5.41, 5.74) is 3.87. The van der Waals surface area contributed by atoms with Crippen molar-refractivity contribution in [1.82, 2.24) is 29.6 Å². The Kier molecular flexibility index (Phi) is 3.84. The molecule has 0 aliphatic carbocycles. The second-order valence-electron chi connectivity index (χ2n) is 7.24. The summed E-state index contributed by atoms with van der Waals surface area (Å²) in [4.78, 5) is 26.5. The van der Waals surface area contributed by atoms with E-state index >= 15 is 0 Å². The molecule has 3 aromatic heterocycles. The van der Waals surface area contributed by atoms with Crippen molar-refractivity contribution in [2.24, 2.45) is 13.0 Å². The molecule has 5 rings (SSSR count). The first-order chi connectivity index (χ1) is 14.0. The number of fused-ring (bicyclic) bond motifs is 2. The lowest BCUT2D eigenvalue weighted by molar-refractivity contribution is -0.135. The van der Waals surface area contributed by atoms with Crippen LogP contribution in [-0.4, -0.2) is 48.6 Å². The Balaban J connectivity index is 1.51. The van der Waals surface area contributed by atoms with Gasteiger partial charge in [-0.3, -0.25) is 9.48 Å². The molecule has 1 aliphatic heterocycles. The minimum absolute atomic E-state index is 0.0170. The number of benzene rings is 1. The topological polar surface area (TPSA) is 79.7 Å². The van der Waals surface area contributed by atoms with Gasteiger partial charge < -0.3 is 9.88 Å². The van der Waals surface area contributed by atoms with Gasteiger partial charge in [-0.05, 0) is 18.2 Å². The van der Waals surface area contributed by atoms with Crippen molar-refractivity contribution in [3.63, 3.8) is 0 Å². The zero-order valence-electron chi connectivity index (χ0n) is 15.7. The molecule has 7 nitrogen and oxygen atoms in total. The van der Waals surface area contributed by atoms with E-state index in [1.165, 1.54) is 12.1 Å². The molecule has 1 saturated heterocycles.